The molecule has 1 amide bonds. The fourth-order valence-corrected chi connectivity index (χ4v) is 5.33. The highest BCUT2D eigenvalue weighted by Gasteiger charge is 2.29. The van der Waals surface area contributed by atoms with Gasteiger partial charge in [0.25, 0.3) is 5.91 Å². The van der Waals surface area contributed by atoms with Gasteiger partial charge in [-0.15, -0.1) is 0 Å². The van der Waals surface area contributed by atoms with E-state index in [0.717, 1.165) is 17.8 Å². The van der Waals surface area contributed by atoms with Crippen molar-refractivity contribution in [3.05, 3.63) is 76.4 Å². The number of amides is 1. The first-order valence-corrected chi connectivity index (χ1v) is 12.5. The van der Waals surface area contributed by atoms with E-state index in [2.05, 4.69) is 25.6 Å². The molecule has 0 bridgehead atoms. The number of carbonyl (C=O) groups excluding carboxylic acids is 1. The third kappa shape index (κ3) is 7.45. The summed E-state index contributed by atoms with van der Waals surface area (Å²) in [6.07, 6.45) is 1.23. The maximum atomic E-state index is 12.5. The van der Waals surface area contributed by atoms with Gasteiger partial charge in [-0.05, 0) is 24.3 Å². The molecule has 0 aromatic heterocycles. The maximum absolute atomic E-state index is 12.5. The second-order valence-corrected chi connectivity index (χ2v) is 10.5. The average molecular weight is 474 g/mol. The molecule has 0 fully saturated rings. The van der Waals surface area contributed by atoms with Crippen LogP contribution in [0, 0.1) is 0 Å². The van der Waals surface area contributed by atoms with E-state index in [1.807, 2.05) is 0 Å². The monoisotopic (exact) mass is 473 g/mol. The number of halogens is 1. The minimum Gasteiger partial charge on any atom is -0.422 e. The first-order valence-electron chi connectivity index (χ1n) is 7.66. The van der Waals surface area contributed by atoms with E-state index in [9.17, 15) is 18.8 Å². The summed E-state index contributed by atoms with van der Waals surface area (Å²) in [7, 11) is -7.97. The summed E-state index contributed by atoms with van der Waals surface area (Å²) >= 11 is 3.32. The standard InChI is InChI=1S/C17H18BrNO6P2/c1-26(21,22)25-27(2,23)24-16(14-9-6-10-15(18)11-14)12-19-17(20)13-7-4-3-5-8-13/h3-12H,1-2H3,(H,19,20)(H,21,22). The van der Waals surface area contributed by atoms with Crippen LogP contribution in [-0.4, -0.2) is 24.1 Å². The van der Waals surface area contributed by atoms with Crippen LogP contribution in [0.5, 0.6) is 0 Å². The smallest absolute Gasteiger partial charge is 0.383 e. The topological polar surface area (TPSA) is 102 Å². The van der Waals surface area contributed by atoms with E-state index in [4.69, 9.17) is 4.52 Å². The normalized spacial score (nSPS) is 16.1. The van der Waals surface area contributed by atoms with Crippen molar-refractivity contribution in [3.63, 3.8) is 0 Å². The van der Waals surface area contributed by atoms with E-state index in [0.29, 0.717) is 11.1 Å². The van der Waals surface area contributed by atoms with Crippen molar-refractivity contribution >= 4 is 42.8 Å². The van der Waals surface area contributed by atoms with Crippen LogP contribution in [-0.2, 0) is 18.0 Å². The largest absolute Gasteiger partial charge is 0.422 e. The third-order valence-corrected chi connectivity index (χ3v) is 6.46. The number of carbonyl (C=O) groups is 1. The first-order chi connectivity index (χ1) is 12.6. The van der Waals surface area contributed by atoms with Gasteiger partial charge in [0.15, 0.2) is 5.76 Å². The van der Waals surface area contributed by atoms with Crippen LogP contribution in [0.2, 0.25) is 0 Å². The highest BCUT2D eigenvalue weighted by Crippen LogP contribution is 2.60. The molecule has 2 unspecified atom stereocenters. The van der Waals surface area contributed by atoms with Crippen molar-refractivity contribution in [1.82, 2.24) is 5.32 Å². The minimum atomic E-state index is -4.04. The fraction of sp³-hybridized carbons (Fsp3) is 0.118. The van der Waals surface area contributed by atoms with Crippen molar-refractivity contribution in [2.45, 2.75) is 0 Å². The Morgan fingerprint density at radius 1 is 1.07 bits per heavy atom. The zero-order valence-corrected chi connectivity index (χ0v) is 17.9. The van der Waals surface area contributed by atoms with Crippen molar-refractivity contribution < 1.29 is 27.7 Å². The molecule has 2 rings (SSSR count). The molecule has 27 heavy (non-hydrogen) atoms. The van der Waals surface area contributed by atoms with Gasteiger partial charge in [-0.2, -0.15) is 0 Å². The van der Waals surface area contributed by atoms with E-state index in [1.54, 1.807) is 54.6 Å². The molecule has 2 aromatic rings. The lowest BCUT2D eigenvalue weighted by atomic mass is 10.2. The second kappa shape index (κ2) is 9.00. The molecule has 0 aliphatic carbocycles. The van der Waals surface area contributed by atoms with E-state index in [1.165, 1.54) is 6.20 Å². The molecular formula is C17H18BrNO6P2. The molecule has 2 atom stereocenters. The Bertz CT molecular complexity index is 941. The van der Waals surface area contributed by atoms with Crippen LogP contribution in [0.1, 0.15) is 15.9 Å². The molecule has 144 valence electrons. The summed E-state index contributed by atoms with van der Waals surface area (Å²) in [5, 5.41) is 2.55. The highest BCUT2D eigenvalue weighted by atomic mass is 79.9. The molecule has 0 aliphatic rings. The zero-order valence-electron chi connectivity index (χ0n) is 14.5. The fourth-order valence-electron chi connectivity index (χ4n) is 2.08. The van der Waals surface area contributed by atoms with Crippen LogP contribution in [0.4, 0.5) is 0 Å². The Labute approximate surface area is 165 Å². The quantitative estimate of drug-likeness (QED) is 0.440. The summed E-state index contributed by atoms with van der Waals surface area (Å²) in [4.78, 5) is 21.6. The predicted molar refractivity (Wildman–Crippen MR) is 107 cm³/mol. The van der Waals surface area contributed by atoms with Gasteiger partial charge in [0, 0.05) is 28.5 Å². The Balaban J connectivity index is 2.31. The highest BCUT2D eigenvalue weighted by molar-refractivity contribution is 9.10. The van der Waals surface area contributed by atoms with Gasteiger partial charge in [-0.1, -0.05) is 46.3 Å². The number of benzene rings is 2. The second-order valence-electron chi connectivity index (χ2n) is 5.61. The molecule has 0 saturated carbocycles. The number of hydrogen-bond donors (Lipinski definition) is 2. The molecule has 7 nitrogen and oxygen atoms in total. The van der Waals surface area contributed by atoms with Crippen molar-refractivity contribution in [2.75, 3.05) is 13.3 Å². The number of nitrogens with one attached hydrogen (secondary N) is 1. The van der Waals surface area contributed by atoms with Crippen LogP contribution in [0.3, 0.4) is 0 Å². The van der Waals surface area contributed by atoms with E-state index < -0.39 is 21.1 Å². The SMILES string of the molecule is CP(=O)(O)OP(C)(=O)OC(=CNC(=O)c1ccccc1)c1cccc(Br)c1. The summed E-state index contributed by atoms with van der Waals surface area (Å²) < 4.78 is 34.7. The van der Waals surface area contributed by atoms with Crippen molar-refractivity contribution in [2.24, 2.45) is 0 Å². The van der Waals surface area contributed by atoms with Gasteiger partial charge >= 0.3 is 15.2 Å². The summed E-state index contributed by atoms with van der Waals surface area (Å²) in [5.74, 6) is -0.387. The van der Waals surface area contributed by atoms with Crippen molar-refractivity contribution in [3.8, 4) is 0 Å². The van der Waals surface area contributed by atoms with Gasteiger partial charge in [-0.25, -0.2) is 8.88 Å². The Morgan fingerprint density at radius 3 is 2.30 bits per heavy atom. The molecule has 2 N–H and O–H groups in total. The molecule has 0 aliphatic heterocycles. The lowest BCUT2D eigenvalue weighted by Crippen LogP contribution is -2.17. The Kier molecular flexibility index (Phi) is 7.20. The molecular weight excluding hydrogens is 456 g/mol. The first kappa shape index (κ1) is 21.6. The Morgan fingerprint density at radius 2 is 1.70 bits per heavy atom. The predicted octanol–water partition coefficient (Wildman–Crippen LogP) is 4.85. The van der Waals surface area contributed by atoms with Crippen molar-refractivity contribution in [1.29, 1.82) is 0 Å². The Hall–Kier alpha value is -1.69. The number of hydrogen-bond acceptors (Lipinski definition) is 5. The molecule has 0 heterocycles. The van der Waals surface area contributed by atoms with Gasteiger partial charge in [0.05, 0.1) is 6.66 Å². The maximum Gasteiger partial charge on any atom is 0.383 e. The van der Waals surface area contributed by atoms with Gasteiger partial charge in [0.1, 0.15) is 0 Å². The third-order valence-electron chi connectivity index (χ3n) is 3.04. The van der Waals surface area contributed by atoms with Crippen LogP contribution in [0.25, 0.3) is 5.76 Å². The van der Waals surface area contributed by atoms with Gasteiger partial charge in [-0.3, -0.25) is 9.36 Å². The average Bonchev–Trinajstić information content (AvgIpc) is 2.57. The minimum absolute atomic E-state index is 0.0138. The molecule has 2 aromatic carbocycles. The zero-order chi connectivity index (χ0) is 20.1. The summed E-state index contributed by atoms with van der Waals surface area (Å²) in [5.41, 5.74) is 0.902. The van der Waals surface area contributed by atoms with Crippen LogP contribution < -0.4 is 5.32 Å². The van der Waals surface area contributed by atoms with E-state index >= 15 is 0 Å². The lowest BCUT2D eigenvalue weighted by molar-refractivity contribution is 0.0969. The lowest BCUT2D eigenvalue weighted by Gasteiger charge is -2.19. The summed E-state index contributed by atoms with van der Waals surface area (Å²) in [6, 6.07) is 15.3. The summed E-state index contributed by atoms with van der Waals surface area (Å²) in [6.45, 7) is 1.98. The van der Waals surface area contributed by atoms with Crippen LogP contribution in [0.15, 0.2) is 65.3 Å². The van der Waals surface area contributed by atoms with Gasteiger partial charge in [0.2, 0.25) is 0 Å². The molecule has 0 saturated heterocycles. The molecule has 0 spiro atoms. The van der Waals surface area contributed by atoms with E-state index in [-0.39, 0.29) is 5.76 Å². The number of rotatable bonds is 7. The van der Waals surface area contributed by atoms with Crippen LogP contribution >= 0.6 is 31.1 Å². The van der Waals surface area contributed by atoms with Gasteiger partial charge < -0.3 is 14.7 Å². The molecule has 10 heteroatoms. The molecule has 0 radical (unpaired) electrons.